The van der Waals surface area contributed by atoms with Crippen LogP contribution in [-0.2, 0) is 13.0 Å². The quantitative estimate of drug-likeness (QED) is 0.786. The Morgan fingerprint density at radius 3 is 2.62 bits per heavy atom. The number of benzene rings is 2. The molecule has 21 heavy (non-hydrogen) atoms. The number of anilines is 1. The summed E-state index contributed by atoms with van der Waals surface area (Å²) in [5, 5.41) is 1.08. The maximum atomic E-state index is 6.03. The van der Waals surface area contributed by atoms with Crippen LogP contribution in [0.25, 0.3) is 10.9 Å². The van der Waals surface area contributed by atoms with Gasteiger partial charge in [-0.05, 0) is 30.2 Å². The summed E-state index contributed by atoms with van der Waals surface area (Å²) in [5.74, 6) is 1.44. The van der Waals surface area contributed by atoms with Crippen LogP contribution in [0.4, 0.5) is 5.82 Å². The molecule has 2 aromatic carbocycles. The van der Waals surface area contributed by atoms with Gasteiger partial charge in [-0.25, -0.2) is 4.98 Å². The minimum atomic E-state index is 0.431. The van der Waals surface area contributed by atoms with E-state index in [-0.39, 0.29) is 0 Å². The lowest BCUT2D eigenvalue weighted by Crippen LogP contribution is -2.03. The summed E-state index contributed by atoms with van der Waals surface area (Å²) in [6.07, 6.45) is 0.946. The molecule has 106 valence electrons. The summed E-state index contributed by atoms with van der Waals surface area (Å²) in [4.78, 5) is 4.43. The van der Waals surface area contributed by atoms with E-state index in [9.17, 15) is 0 Å². The smallest absolute Gasteiger partial charge is 0.130 e. The number of nitrogens with two attached hydrogens (primary N) is 1. The largest absolute Gasteiger partial charge is 0.488 e. The molecule has 0 saturated heterocycles. The highest BCUT2D eigenvalue weighted by Crippen LogP contribution is 2.23. The van der Waals surface area contributed by atoms with Crippen molar-refractivity contribution in [2.24, 2.45) is 0 Å². The Kier molecular flexibility index (Phi) is 3.73. The number of nitrogen functional groups attached to an aromatic ring is 1. The Bertz CT molecular complexity index is 768. The maximum absolute atomic E-state index is 6.03. The third-order valence-electron chi connectivity index (χ3n) is 3.57. The first kappa shape index (κ1) is 13.4. The fourth-order valence-electron chi connectivity index (χ4n) is 2.38. The molecule has 0 atom stereocenters. The summed E-state index contributed by atoms with van der Waals surface area (Å²) in [6.45, 7) is 2.55. The van der Waals surface area contributed by atoms with Gasteiger partial charge in [-0.15, -0.1) is 0 Å². The molecule has 1 heterocycles. The number of aromatic nitrogens is 1. The van der Waals surface area contributed by atoms with Crippen molar-refractivity contribution in [2.75, 3.05) is 5.73 Å². The minimum Gasteiger partial charge on any atom is -0.488 e. The number of aryl methyl sites for hydroxylation is 1. The standard InChI is InChI=1S/C18H18N2O/c1-2-13-7-4-6-10-17(13)21-12-15-11-14-8-3-5-9-16(14)20-18(15)19/h3-11H,2,12H2,1H3,(H2,19,20). The molecule has 0 fully saturated rings. The molecule has 0 unspecified atom stereocenters. The zero-order valence-electron chi connectivity index (χ0n) is 12.0. The van der Waals surface area contributed by atoms with Crippen LogP contribution in [0, 0.1) is 0 Å². The molecular formula is C18H18N2O. The molecule has 0 bridgehead atoms. The third-order valence-corrected chi connectivity index (χ3v) is 3.57. The summed E-state index contributed by atoms with van der Waals surface area (Å²) in [6, 6.07) is 18.1. The van der Waals surface area contributed by atoms with Gasteiger partial charge in [-0.3, -0.25) is 0 Å². The molecule has 3 aromatic rings. The molecule has 0 aliphatic carbocycles. The lowest BCUT2D eigenvalue weighted by molar-refractivity contribution is 0.303. The maximum Gasteiger partial charge on any atom is 0.130 e. The number of pyridine rings is 1. The van der Waals surface area contributed by atoms with Gasteiger partial charge in [-0.1, -0.05) is 43.3 Å². The van der Waals surface area contributed by atoms with E-state index in [1.165, 1.54) is 5.56 Å². The second kappa shape index (κ2) is 5.83. The van der Waals surface area contributed by atoms with Crippen LogP contribution >= 0.6 is 0 Å². The fraction of sp³-hybridized carbons (Fsp3) is 0.167. The van der Waals surface area contributed by atoms with Gasteiger partial charge < -0.3 is 10.5 Å². The van der Waals surface area contributed by atoms with Gasteiger partial charge in [0.15, 0.2) is 0 Å². The molecule has 0 aliphatic rings. The van der Waals surface area contributed by atoms with Gasteiger partial charge in [0, 0.05) is 10.9 Å². The van der Waals surface area contributed by atoms with Crippen molar-refractivity contribution in [2.45, 2.75) is 20.0 Å². The van der Waals surface area contributed by atoms with E-state index in [0.29, 0.717) is 12.4 Å². The van der Waals surface area contributed by atoms with Gasteiger partial charge in [0.2, 0.25) is 0 Å². The first-order chi connectivity index (χ1) is 10.3. The average molecular weight is 278 g/mol. The Labute approximate surface area is 124 Å². The highest BCUT2D eigenvalue weighted by atomic mass is 16.5. The predicted molar refractivity (Wildman–Crippen MR) is 86.3 cm³/mol. The second-order valence-corrected chi connectivity index (χ2v) is 4.98. The fourth-order valence-corrected chi connectivity index (χ4v) is 2.38. The van der Waals surface area contributed by atoms with Crippen molar-refractivity contribution in [3.63, 3.8) is 0 Å². The van der Waals surface area contributed by atoms with Crippen LogP contribution in [0.5, 0.6) is 5.75 Å². The molecule has 0 spiro atoms. The zero-order valence-corrected chi connectivity index (χ0v) is 12.0. The van der Waals surface area contributed by atoms with Crippen LogP contribution in [0.1, 0.15) is 18.1 Å². The van der Waals surface area contributed by atoms with E-state index in [1.807, 2.05) is 48.5 Å². The average Bonchev–Trinajstić information content (AvgIpc) is 2.53. The number of ether oxygens (including phenoxy) is 1. The number of nitrogens with zero attached hydrogens (tertiary/aromatic N) is 1. The summed E-state index contributed by atoms with van der Waals surface area (Å²) in [7, 11) is 0. The van der Waals surface area contributed by atoms with Gasteiger partial charge in [0.25, 0.3) is 0 Å². The van der Waals surface area contributed by atoms with Gasteiger partial charge >= 0.3 is 0 Å². The van der Waals surface area contributed by atoms with E-state index in [1.54, 1.807) is 0 Å². The van der Waals surface area contributed by atoms with Crippen molar-refractivity contribution >= 4 is 16.7 Å². The number of rotatable bonds is 4. The Balaban J connectivity index is 1.86. The van der Waals surface area contributed by atoms with Crippen molar-refractivity contribution in [3.05, 3.63) is 65.7 Å². The normalized spacial score (nSPS) is 10.7. The summed E-state index contributed by atoms with van der Waals surface area (Å²) in [5.41, 5.74) is 9.06. The SMILES string of the molecule is CCc1ccccc1OCc1cc2ccccc2nc1N. The van der Waals surface area contributed by atoms with E-state index in [2.05, 4.69) is 18.0 Å². The third kappa shape index (κ3) is 2.82. The predicted octanol–water partition coefficient (Wildman–Crippen LogP) is 3.96. The highest BCUT2D eigenvalue weighted by molar-refractivity contribution is 5.81. The number of para-hydroxylation sites is 2. The van der Waals surface area contributed by atoms with E-state index < -0.39 is 0 Å². The van der Waals surface area contributed by atoms with Gasteiger partial charge in [-0.2, -0.15) is 0 Å². The molecule has 2 N–H and O–H groups in total. The summed E-state index contributed by atoms with van der Waals surface area (Å²) < 4.78 is 5.92. The van der Waals surface area contributed by atoms with Crippen molar-refractivity contribution in [1.29, 1.82) is 0 Å². The molecule has 3 nitrogen and oxygen atoms in total. The Morgan fingerprint density at radius 1 is 1.00 bits per heavy atom. The molecule has 3 heteroatoms. The molecular weight excluding hydrogens is 260 g/mol. The molecule has 0 saturated carbocycles. The van der Waals surface area contributed by atoms with E-state index in [4.69, 9.17) is 10.5 Å². The van der Waals surface area contributed by atoms with E-state index >= 15 is 0 Å². The molecule has 0 amide bonds. The van der Waals surface area contributed by atoms with Crippen LogP contribution in [0.3, 0.4) is 0 Å². The Hall–Kier alpha value is -2.55. The molecule has 3 rings (SSSR count). The lowest BCUT2D eigenvalue weighted by atomic mass is 10.1. The number of hydrogen-bond acceptors (Lipinski definition) is 3. The van der Waals surface area contributed by atoms with Crippen LogP contribution in [-0.4, -0.2) is 4.98 Å². The minimum absolute atomic E-state index is 0.431. The van der Waals surface area contributed by atoms with Crippen LogP contribution in [0.2, 0.25) is 0 Å². The molecule has 0 aliphatic heterocycles. The monoisotopic (exact) mass is 278 g/mol. The number of hydrogen-bond donors (Lipinski definition) is 1. The first-order valence-electron chi connectivity index (χ1n) is 7.12. The topological polar surface area (TPSA) is 48.1 Å². The zero-order chi connectivity index (χ0) is 14.7. The van der Waals surface area contributed by atoms with Gasteiger partial charge in [0.05, 0.1) is 5.52 Å². The van der Waals surface area contributed by atoms with Crippen molar-refractivity contribution in [1.82, 2.24) is 4.98 Å². The van der Waals surface area contributed by atoms with E-state index in [0.717, 1.165) is 28.6 Å². The van der Waals surface area contributed by atoms with Crippen molar-refractivity contribution in [3.8, 4) is 5.75 Å². The van der Waals surface area contributed by atoms with Crippen LogP contribution in [0.15, 0.2) is 54.6 Å². The molecule has 0 radical (unpaired) electrons. The molecule has 1 aromatic heterocycles. The lowest BCUT2D eigenvalue weighted by Gasteiger charge is -2.12. The first-order valence-corrected chi connectivity index (χ1v) is 7.12. The van der Waals surface area contributed by atoms with Crippen molar-refractivity contribution < 1.29 is 4.74 Å². The summed E-state index contributed by atoms with van der Waals surface area (Å²) >= 11 is 0. The van der Waals surface area contributed by atoms with Gasteiger partial charge in [0.1, 0.15) is 18.2 Å². The second-order valence-electron chi connectivity index (χ2n) is 4.98. The number of fused-ring (bicyclic) bond motifs is 1. The van der Waals surface area contributed by atoms with Crippen LogP contribution < -0.4 is 10.5 Å². The highest BCUT2D eigenvalue weighted by Gasteiger charge is 2.06. The Morgan fingerprint density at radius 2 is 1.76 bits per heavy atom.